The monoisotopic (exact) mass is 266 g/mol. The fourth-order valence-electron chi connectivity index (χ4n) is 1.74. The molecule has 2 rings (SSSR count). The van der Waals surface area contributed by atoms with E-state index < -0.39 is 5.97 Å². The summed E-state index contributed by atoms with van der Waals surface area (Å²) in [6.45, 7) is 0. The molecular formula is C13H8Cl2O2. The Morgan fingerprint density at radius 3 is 2.29 bits per heavy atom. The Hall–Kier alpha value is -1.51. The quantitative estimate of drug-likeness (QED) is 0.833. The summed E-state index contributed by atoms with van der Waals surface area (Å²) >= 11 is 11.3. The lowest BCUT2D eigenvalue weighted by atomic mass is 9.99. The molecule has 0 saturated heterocycles. The first-order valence-corrected chi connectivity index (χ1v) is 5.63. The average molecular weight is 267 g/mol. The number of rotatable bonds is 2. The molecule has 0 aliphatic rings. The molecule has 2 nitrogen and oxygen atoms in total. The highest BCUT2D eigenvalue weighted by atomic mass is 35.5. The fraction of sp³-hybridized carbons (Fsp3) is 0. The van der Waals surface area contributed by atoms with Gasteiger partial charge in [0.15, 0.2) is 0 Å². The molecule has 4 heteroatoms. The molecule has 17 heavy (non-hydrogen) atoms. The topological polar surface area (TPSA) is 37.3 Å². The lowest BCUT2D eigenvalue weighted by Crippen LogP contribution is -2.01. The van der Waals surface area contributed by atoms with Gasteiger partial charge < -0.3 is 5.11 Å². The summed E-state index contributed by atoms with van der Waals surface area (Å²) in [5.41, 5.74) is 0.445. The van der Waals surface area contributed by atoms with E-state index in [9.17, 15) is 4.79 Å². The van der Waals surface area contributed by atoms with E-state index in [1.54, 1.807) is 12.1 Å². The SMILES string of the molecule is O=C(O)C(=C(Cl)Cl)c1cccc2ccccc12. The van der Waals surface area contributed by atoms with Gasteiger partial charge in [0.2, 0.25) is 0 Å². The molecule has 0 amide bonds. The number of carboxylic acids is 1. The predicted octanol–water partition coefficient (Wildman–Crippen LogP) is 4.07. The highest BCUT2D eigenvalue weighted by Gasteiger charge is 2.16. The molecule has 0 aliphatic carbocycles. The molecule has 0 radical (unpaired) electrons. The van der Waals surface area contributed by atoms with E-state index in [0.717, 1.165) is 10.8 Å². The van der Waals surface area contributed by atoms with Crippen molar-refractivity contribution in [3.63, 3.8) is 0 Å². The zero-order chi connectivity index (χ0) is 12.4. The maximum Gasteiger partial charge on any atom is 0.338 e. The normalized spacial score (nSPS) is 10.2. The lowest BCUT2D eigenvalue weighted by molar-refractivity contribution is -0.130. The molecule has 0 aliphatic heterocycles. The summed E-state index contributed by atoms with van der Waals surface area (Å²) < 4.78 is -0.242. The van der Waals surface area contributed by atoms with Gasteiger partial charge in [0.05, 0.1) is 5.57 Å². The van der Waals surface area contributed by atoms with Crippen LogP contribution in [0, 0.1) is 0 Å². The van der Waals surface area contributed by atoms with Crippen LogP contribution in [0.2, 0.25) is 0 Å². The summed E-state index contributed by atoms with van der Waals surface area (Å²) in [6, 6.07) is 12.8. The Labute approximate surface area is 108 Å². The molecule has 0 heterocycles. The Morgan fingerprint density at radius 1 is 1.00 bits per heavy atom. The third-order valence-electron chi connectivity index (χ3n) is 2.46. The second-order valence-corrected chi connectivity index (χ2v) is 4.42. The number of benzene rings is 2. The zero-order valence-electron chi connectivity index (χ0n) is 8.65. The Balaban J connectivity index is 2.79. The molecule has 0 spiro atoms. The standard InChI is InChI=1S/C13H8Cl2O2/c14-12(15)11(13(16)17)10-7-3-5-8-4-1-2-6-9(8)10/h1-7H,(H,16,17). The zero-order valence-corrected chi connectivity index (χ0v) is 10.2. The molecule has 86 valence electrons. The highest BCUT2D eigenvalue weighted by Crippen LogP contribution is 2.30. The van der Waals surface area contributed by atoms with E-state index in [1.807, 2.05) is 30.3 Å². The van der Waals surface area contributed by atoms with E-state index in [0.29, 0.717) is 5.56 Å². The van der Waals surface area contributed by atoms with Gasteiger partial charge in [0.25, 0.3) is 0 Å². The molecule has 0 unspecified atom stereocenters. The minimum atomic E-state index is -1.14. The van der Waals surface area contributed by atoms with Crippen LogP contribution in [0.15, 0.2) is 47.0 Å². The number of carboxylic acid groups (broad SMARTS) is 1. The number of hydrogen-bond acceptors (Lipinski definition) is 1. The number of hydrogen-bond donors (Lipinski definition) is 1. The maximum absolute atomic E-state index is 11.2. The van der Waals surface area contributed by atoms with Crippen molar-refractivity contribution < 1.29 is 9.90 Å². The number of fused-ring (bicyclic) bond motifs is 1. The van der Waals surface area contributed by atoms with Gasteiger partial charge in [-0.15, -0.1) is 0 Å². The molecule has 1 N–H and O–H groups in total. The molecule has 0 fully saturated rings. The van der Waals surface area contributed by atoms with Crippen LogP contribution in [0.25, 0.3) is 16.3 Å². The minimum absolute atomic E-state index is 0.0786. The van der Waals surface area contributed by atoms with Crippen LogP contribution in [0.4, 0.5) is 0 Å². The van der Waals surface area contributed by atoms with Crippen LogP contribution in [-0.4, -0.2) is 11.1 Å². The van der Waals surface area contributed by atoms with Crippen molar-refractivity contribution in [1.82, 2.24) is 0 Å². The summed E-state index contributed by atoms with van der Waals surface area (Å²) in [6.07, 6.45) is 0. The van der Waals surface area contributed by atoms with E-state index in [4.69, 9.17) is 28.3 Å². The van der Waals surface area contributed by atoms with Gasteiger partial charge in [0, 0.05) is 0 Å². The molecule has 0 atom stereocenters. The molecule has 2 aromatic rings. The second-order valence-electron chi connectivity index (χ2n) is 3.47. The van der Waals surface area contributed by atoms with E-state index >= 15 is 0 Å². The van der Waals surface area contributed by atoms with Gasteiger partial charge in [-0.3, -0.25) is 0 Å². The minimum Gasteiger partial charge on any atom is -0.478 e. The number of carbonyl (C=O) groups is 1. The second kappa shape index (κ2) is 4.78. The van der Waals surface area contributed by atoms with Gasteiger partial charge in [-0.2, -0.15) is 0 Å². The van der Waals surface area contributed by atoms with Crippen molar-refractivity contribution in [2.24, 2.45) is 0 Å². The van der Waals surface area contributed by atoms with Crippen LogP contribution in [0.1, 0.15) is 5.56 Å². The van der Waals surface area contributed by atoms with Crippen LogP contribution < -0.4 is 0 Å². The smallest absolute Gasteiger partial charge is 0.338 e. The van der Waals surface area contributed by atoms with Crippen LogP contribution >= 0.6 is 23.2 Å². The van der Waals surface area contributed by atoms with Crippen LogP contribution in [0.3, 0.4) is 0 Å². The van der Waals surface area contributed by atoms with Gasteiger partial charge in [0.1, 0.15) is 4.49 Å². The van der Waals surface area contributed by atoms with Crippen molar-refractivity contribution in [2.75, 3.05) is 0 Å². The Bertz CT molecular complexity index is 608. The summed E-state index contributed by atoms with van der Waals surface area (Å²) in [4.78, 5) is 11.2. The van der Waals surface area contributed by atoms with Crippen molar-refractivity contribution in [1.29, 1.82) is 0 Å². The predicted molar refractivity (Wildman–Crippen MR) is 70.2 cm³/mol. The summed E-state index contributed by atoms with van der Waals surface area (Å²) in [5.74, 6) is -1.14. The van der Waals surface area contributed by atoms with Crippen molar-refractivity contribution >= 4 is 45.5 Å². The third kappa shape index (κ3) is 2.28. The molecule has 0 aromatic heterocycles. The average Bonchev–Trinajstić information content (AvgIpc) is 2.28. The molecule has 0 saturated carbocycles. The lowest BCUT2D eigenvalue weighted by Gasteiger charge is -2.07. The van der Waals surface area contributed by atoms with Crippen LogP contribution in [-0.2, 0) is 4.79 Å². The first-order chi connectivity index (χ1) is 8.11. The largest absolute Gasteiger partial charge is 0.478 e. The van der Waals surface area contributed by atoms with Crippen molar-refractivity contribution in [3.8, 4) is 0 Å². The van der Waals surface area contributed by atoms with Gasteiger partial charge in [-0.1, -0.05) is 65.7 Å². The molecule has 0 bridgehead atoms. The molecular weight excluding hydrogens is 259 g/mol. The molecule has 2 aromatic carbocycles. The first kappa shape index (κ1) is 12.0. The fourth-order valence-corrected chi connectivity index (χ4v) is 2.11. The van der Waals surface area contributed by atoms with Gasteiger partial charge >= 0.3 is 5.97 Å². The van der Waals surface area contributed by atoms with Crippen molar-refractivity contribution in [3.05, 3.63) is 52.5 Å². The van der Waals surface area contributed by atoms with Crippen LogP contribution in [0.5, 0.6) is 0 Å². The highest BCUT2D eigenvalue weighted by molar-refractivity contribution is 6.61. The van der Waals surface area contributed by atoms with E-state index in [1.165, 1.54) is 0 Å². The Kier molecular flexibility index (Phi) is 3.36. The van der Waals surface area contributed by atoms with E-state index in [2.05, 4.69) is 0 Å². The third-order valence-corrected chi connectivity index (χ3v) is 2.84. The van der Waals surface area contributed by atoms with Gasteiger partial charge in [-0.25, -0.2) is 4.79 Å². The first-order valence-electron chi connectivity index (χ1n) is 4.88. The number of aliphatic carboxylic acids is 1. The summed E-state index contributed by atoms with van der Waals surface area (Å²) in [5, 5.41) is 10.9. The summed E-state index contributed by atoms with van der Waals surface area (Å²) in [7, 11) is 0. The Morgan fingerprint density at radius 2 is 1.65 bits per heavy atom. The number of halogens is 2. The van der Waals surface area contributed by atoms with Crippen molar-refractivity contribution in [2.45, 2.75) is 0 Å². The van der Waals surface area contributed by atoms with E-state index in [-0.39, 0.29) is 10.1 Å². The maximum atomic E-state index is 11.2. The van der Waals surface area contributed by atoms with Gasteiger partial charge in [-0.05, 0) is 16.3 Å².